The van der Waals surface area contributed by atoms with E-state index in [0.29, 0.717) is 34.2 Å². The Balaban J connectivity index is 1.40. The molecule has 37 heavy (non-hydrogen) atoms. The van der Waals surface area contributed by atoms with E-state index >= 15 is 0 Å². The molecule has 0 radical (unpaired) electrons. The molecule has 0 saturated heterocycles. The zero-order chi connectivity index (χ0) is 25.9. The molecule has 1 fully saturated rings. The first kappa shape index (κ1) is 23.1. The molecular formula is C24H19F4N7O2. The Morgan fingerprint density at radius 1 is 1.03 bits per heavy atom. The third-order valence-corrected chi connectivity index (χ3v) is 6.45. The van der Waals surface area contributed by atoms with Gasteiger partial charge in [0.2, 0.25) is 11.8 Å². The minimum absolute atomic E-state index is 0.00598. The Morgan fingerprint density at radius 2 is 1.86 bits per heavy atom. The van der Waals surface area contributed by atoms with E-state index in [2.05, 4.69) is 25.1 Å². The van der Waals surface area contributed by atoms with Crippen LogP contribution in [0.2, 0.25) is 0 Å². The highest BCUT2D eigenvalue weighted by atomic mass is 19.4. The standard InChI is InChI=1S/C24H19F4N7O2/c1-36-22-17(9-30-23(32-22)37-2)18-7-16(21-29-10-20(25)35(21)33-18)15-6-14(15)12-3-4-13-8-31-34(19(13)5-12)11-24(26,27)28/h3-5,7-10,14-15H,6,11H2,1-2H3/t14-,15+/m1/s1. The van der Waals surface area contributed by atoms with Crippen LogP contribution in [0.5, 0.6) is 11.9 Å². The normalized spacial score (nSPS) is 17.5. The first-order valence-electron chi connectivity index (χ1n) is 11.3. The van der Waals surface area contributed by atoms with Gasteiger partial charge in [0.25, 0.3) is 0 Å². The van der Waals surface area contributed by atoms with Crippen molar-refractivity contribution in [2.24, 2.45) is 0 Å². The third kappa shape index (κ3) is 4.09. The second-order valence-electron chi connectivity index (χ2n) is 8.77. The lowest BCUT2D eigenvalue weighted by molar-refractivity contribution is -0.141. The number of nitrogens with zero attached hydrogens (tertiary/aromatic N) is 7. The van der Waals surface area contributed by atoms with Gasteiger partial charge in [-0.25, -0.2) is 9.97 Å². The van der Waals surface area contributed by atoms with Crippen molar-refractivity contribution in [3.8, 4) is 23.1 Å². The molecule has 0 unspecified atom stereocenters. The van der Waals surface area contributed by atoms with Crippen LogP contribution in [0.3, 0.4) is 0 Å². The van der Waals surface area contributed by atoms with Gasteiger partial charge in [0.15, 0.2) is 5.65 Å². The summed E-state index contributed by atoms with van der Waals surface area (Å²) in [6.45, 7) is -1.17. The van der Waals surface area contributed by atoms with E-state index in [4.69, 9.17) is 9.47 Å². The summed E-state index contributed by atoms with van der Waals surface area (Å²) < 4.78 is 66.1. The van der Waals surface area contributed by atoms with Gasteiger partial charge in [0.05, 0.1) is 43.4 Å². The Hall–Kier alpha value is -4.29. The smallest absolute Gasteiger partial charge is 0.408 e. The summed E-state index contributed by atoms with van der Waals surface area (Å²) in [6, 6.07) is 7.30. The minimum Gasteiger partial charge on any atom is -0.480 e. The number of hydrogen-bond donors (Lipinski definition) is 0. The molecule has 0 N–H and O–H groups in total. The Kier molecular flexibility index (Phi) is 5.24. The molecule has 13 heteroatoms. The summed E-state index contributed by atoms with van der Waals surface area (Å²) >= 11 is 0. The number of hydrogen-bond acceptors (Lipinski definition) is 7. The van der Waals surface area contributed by atoms with Crippen molar-refractivity contribution < 1.29 is 27.0 Å². The van der Waals surface area contributed by atoms with Crippen LogP contribution in [0.1, 0.15) is 29.4 Å². The number of benzene rings is 1. The maximum absolute atomic E-state index is 14.6. The molecule has 1 aromatic carbocycles. The summed E-state index contributed by atoms with van der Waals surface area (Å²) in [4.78, 5) is 12.5. The average Bonchev–Trinajstić information content (AvgIpc) is 3.47. The fourth-order valence-electron chi connectivity index (χ4n) is 4.67. The van der Waals surface area contributed by atoms with Crippen molar-refractivity contribution in [2.45, 2.75) is 31.0 Å². The van der Waals surface area contributed by atoms with Crippen LogP contribution in [-0.2, 0) is 6.54 Å². The van der Waals surface area contributed by atoms with Gasteiger partial charge >= 0.3 is 12.2 Å². The highest BCUT2D eigenvalue weighted by molar-refractivity contribution is 5.80. The lowest BCUT2D eigenvalue weighted by Crippen LogP contribution is -2.18. The van der Waals surface area contributed by atoms with E-state index in [9.17, 15) is 17.6 Å². The Morgan fingerprint density at radius 3 is 2.62 bits per heavy atom. The molecule has 0 spiro atoms. The lowest BCUT2D eigenvalue weighted by Gasteiger charge is -2.11. The van der Waals surface area contributed by atoms with Crippen molar-refractivity contribution in [2.75, 3.05) is 14.2 Å². The van der Waals surface area contributed by atoms with Crippen LogP contribution in [0.4, 0.5) is 17.6 Å². The first-order valence-corrected chi connectivity index (χ1v) is 11.3. The molecule has 0 aliphatic heterocycles. The van der Waals surface area contributed by atoms with Crippen molar-refractivity contribution >= 4 is 16.6 Å². The quantitative estimate of drug-likeness (QED) is 0.308. The second kappa shape index (κ2) is 8.39. The summed E-state index contributed by atoms with van der Waals surface area (Å²) in [5.41, 5.74) is 3.21. The van der Waals surface area contributed by atoms with E-state index in [1.54, 1.807) is 18.2 Å². The predicted molar refractivity (Wildman–Crippen MR) is 123 cm³/mol. The number of aromatic nitrogens is 7. The van der Waals surface area contributed by atoms with Gasteiger partial charge in [-0.15, -0.1) is 0 Å². The molecule has 190 valence electrons. The Bertz CT molecular complexity index is 1650. The molecule has 4 aromatic heterocycles. The molecule has 1 aliphatic rings. The van der Waals surface area contributed by atoms with Gasteiger partial charge < -0.3 is 9.47 Å². The molecule has 1 saturated carbocycles. The van der Waals surface area contributed by atoms with Crippen LogP contribution in [0.15, 0.2) is 42.9 Å². The molecule has 2 atom stereocenters. The van der Waals surface area contributed by atoms with E-state index < -0.39 is 18.7 Å². The molecule has 9 nitrogen and oxygen atoms in total. The van der Waals surface area contributed by atoms with Gasteiger partial charge in [-0.3, -0.25) is 4.68 Å². The van der Waals surface area contributed by atoms with Gasteiger partial charge in [-0.2, -0.15) is 37.3 Å². The molecule has 5 aromatic rings. The largest absolute Gasteiger partial charge is 0.480 e. The second-order valence-corrected chi connectivity index (χ2v) is 8.77. The number of imidazole rings is 1. The van der Waals surface area contributed by atoms with Gasteiger partial charge in [-0.1, -0.05) is 12.1 Å². The number of fused-ring (bicyclic) bond motifs is 2. The van der Waals surface area contributed by atoms with Crippen molar-refractivity contribution in [3.05, 3.63) is 59.9 Å². The van der Waals surface area contributed by atoms with E-state index in [0.717, 1.165) is 26.5 Å². The lowest BCUT2D eigenvalue weighted by atomic mass is 10.0. The zero-order valence-corrected chi connectivity index (χ0v) is 19.6. The molecule has 4 heterocycles. The van der Waals surface area contributed by atoms with Crippen LogP contribution in [0.25, 0.3) is 27.8 Å². The fourth-order valence-corrected chi connectivity index (χ4v) is 4.67. The SMILES string of the molecule is COc1ncc(-c2cc([C@H]3C[C@@H]3c3ccc4cnn(CC(F)(F)F)c4c3)c3ncc(F)n3n2)c(OC)n1. The number of methoxy groups -OCH3 is 2. The highest BCUT2D eigenvalue weighted by Crippen LogP contribution is 2.56. The number of ether oxygens (including phenoxy) is 2. The summed E-state index contributed by atoms with van der Waals surface area (Å²) in [7, 11) is 2.87. The molecule has 1 aliphatic carbocycles. The number of rotatable bonds is 6. The average molecular weight is 513 g/mol. The van der Waals surface area contributed by atoms with E-state index in [-0.39, 0.29) is 23.7 Å². The van der Waals surface area contributed by atoms with Crippen molar-refractivity contribution in [1.29, 1.82) is 0 Å². The minimum atomic E-state index is -4.38. The van der Waals surface area contributed by atoms with Crippen LogP contribution >= 0.6 is 0 Å². The van der Waals surface area contributed by atoms with Gasteiger partial charge in [-0.05, 0) is 36.0 Å². The predicted octanol–water partition coefficient (Wildman–Crippen LogP) is 4.53. The van der Waals surface area contributed by atoms with Crippen LogP contribution < -0.4 is 9.47 Å². The maximum Gasteiger partial charge on any atom is 0.408 e. The summed E-state index contributed by atoms with van der Waals surface area (Å²) in [5.74, 6) is -0.471. The topological polar surface area (TPSA) is 92.3 Å². The van der Waals surface area contributed by atoms with Crippen LogP contribution in [0, 0.1) is 5.95 Å². The van der Waals surface area contributed by atoms with E-state index in [1.807, 2.05) is 6.07 Å². The molecule has 0 amide bonds. The monoisotopic (exact) mass is 513 g/mol. The summed E-state index contributed by atoms with van der Waals surface area (Å²) in [6.07, 6.45) is 0.329. The summed E-state index contributed by atoms with van der Waals surface area (Å²) in [5, 5.41) is 8.90. The third-order valence-electron chi connectivity index (χ3n) is 6.45. The van der Waals surface area contributed by atoms with Gasteiger partial charge in [0, 0.05) is 17.1 Å². The first-order chi connectivity index (χ1) is 17.8. The fraction of sp³-hybridized carbons (Fsp3) is 0.292. The molecule has 0 bridgehead atoms. The van der Waals surface area contributed by atoms with Crippen LogP contribution in [-0.4, -0.2) is 54.7 Å². The molecular weight excluding hydrogens is 494 g/mol. The Labute approximate surface area is 206 Å². The maximum atomic E-state index is 14.6. The van der Waals surface area contributed by atoms with Crippen molar-refractivity contribution in [1.82, 2.24) is 34.3 Å². The number of halogens is 4. The highest BCUT2D eigenvalue weighted by Gasteiger charge is 2.42. The number of alkyl halides is 3. The van der Waals surface area contributed by atoms with E-state index in [1.165, 1.54) is 26.6 Å². The zero-order valence-electron chi connectivity index (χ0n) is 19.6. The molecule has 6 rings (SSSR count). The van der Waals surface area contributed by atoms with Gasteiger partial charge in [0.1, 0.15) is 6.54 Å². The van der Waals surface area contributed by atoms with Crippen molar-refractivity contribution in [3.63, 3.8) is 0 Å².